The van der Waals surface area contributed by atoms with Crippen LogP contribution >= 0.6 is 0 Å². The molecule has 0 aliphatic carbocycles. The van der Waals surface area contributed by atoms with Gasteiger partial charge in [0.1, 0.15) is 12.4 Å². The van der Waals surface area contributed by atoms with Crippen molar-refractivity contribution in [3.8, 4) is 0 Å². The van der Waals surface area contributed by atoms with Gasteiger partial charge in [-0.2, -0.15) is 0 Å². The van der Waals surface area contributed by atoms with E-state index in [-0.39, 0.29) is 30.8 Å². The smallest absolute Gasteiger partial charge is 0.306 e. The van der Waals surface area contributed by atoms with E-state index >= 15 is 0 Å². The second kappa shape index (κ2) is 14.0. The molecule has 0 N–H and O–H groups in total. The second-order valence-electron chi connectivity index (χ2n) is 6.71. The first-order chi connectivity index (χ1) is 13.4. The lowest BCUT2D eigenvalue weighted by Crippen LogP contribution is -2.09. The molecule has 0 aromatic heterocycles. The summed E-state index contributed by atoms with van der Waals surface area (Å²) < 4.78 is 49.2. The highest BCUT2D eigenvalue weighted by Gasteiger charge is 2.12. The van der Waals surface area contributed by atoms with E-state index in [4.69, 9.17) is 9.47 Å². The van der Waals surface area contributed by atoms with Gasteiger partial charge in [0.25, 0.3) is 0 Å². The number of halogens is 3. The van der Waals surface area contributed by atoms with Gasteiger partial charge in [0.2, 0.25) is 0 Å². The predicted molar refractivity (Wildman–Crippen MR) is 98.9 cm³/mol. The quantitative estimate of drug-likeness (QED) is 0.231. The molecule has 0 unspecified atom stereocenters. The van der Waals surface area contributed by atoms with E-state index in [2.05, 4.69) is 6.92 Å². The van der Waals surface area contributed by atoms with Gasteiger partial charge in [0, 0.05) is 24.5 Å². The van der Waals surface area contributed by atoms with E-state index in [9.17, 15) is 22.8 Å². The lowest BCUT2D eigenvalue weighted by atomic mass is 10.1. The normalized spacial score (nSPS) is 10.7. The molecule has 0 fully saturated rings. The summed E-state index contributed by atoms with van der Waals surface area (Å²) in [6, 6.07) is 1.05. The Morgan fingerprint density at radius 1 is 0.750 bits per heavy atom. The van der Waals surface area contributed by atoms with E-state index in [0.29, 0.717) is 18.7 Å². The molecule has 1 aromatic rings. The molecule has 0 heterocycles. The lowest BCUT2D eigenvalue weighted by Gasteiger charge is -2.07. The van der Waals surface area contributed by atoms with Crippen molar-refractivity contribution in [2.24, 2.45) is 0 Å². The Bertz CT molecular complexity index is 620. The van der Waals surface area contributed by atoms with Crippen molar-refractivity contribution in [2.75, 3.05) is 6.61 Å². The van der Waals surface area contributed by atoms with Crippen molar-refractivity contribution in [3.63, 3.8) is 0 Å². The monoisotopic (exact) mass is 402 g/mol. The fraction of sp³-hybridized carbons (Fsp3) is 0.619. The Morgan fingerprint density at radius 2 is 1.32 bits per heavy atom. The van der Waals surface area contributed by atoms with E-state index in [1.807, 2.05) is 0 Å². The Labute approximate surface area is 164 Å². The average Bonchev–Trinajstić information content (AvgIpc) is 2.65. The summed E-state index contributed by atoms with van der Waals surface area (Å²) >= 11 is 0. The first kappa shape index (κ1) is 24.0. The number of carbonyl (C=O) groups excluding carboxylic acids is 2. The van der Waals surface area contributed by atoms with Crippen LogP contribution in [0.25, 0.3) is 0 Å². The highest BCUT2D eigenvalue weighted by molar-refractivity contribution is 5.72. The summed E-state index contributed by atoms with van der Waals surface area (Å²) in [7, 11) is 0. The van der Waals surface area contributed by atoms with Gasteiger partial charge in [-0.15, -0.1) is 0 Å². The molecule has 4 nitrogen and oxygen atoms in total. The summed E-state index contributed by atoms with van der Waals surface area (Å²) in [5.41, 5.74) is -0.249. The number of benzene rings is 1. The number of ether oxygens (including phenoxy) is 2. The average molecular weight is 402 g/mol. The maximum absolute atomic E-state index is 13.4. The fourth-order valence-corrected chi connectivity index (χ4v) is 2.60. The number of esters is 2. The van der Waals surface area contributed by atoms with Crippen molar-refractivity contribution in [2.45, 2.75) is 77.7 Å². The van der Waals surface area contributed by atoms with Gasteiger partial charge in [0.15, 0.2) is 11.6 Å². The molecular weight excluding hydrogens is 373 g/mol. The van der Waals surface area contributed by atoms with Gasteiger partial charge in [-0.25, -0.2) is 13.2 Å². The van der Waals surface area contributed by atoms with Crippen LogP contribution in [0.4, 0.5) is 13.2 Å². The topological polar surface area (TPSA) is 52.6 Å². The fourth-order valence-electron chi connectivity index (χ4n) is 2.60. The molecule has 0 aliphatic heterocycles. The molecular formula is C21H29F3O4. The molecule has 1 rings (SSSR count). The third-order valence-corrected chi connectivity index (χ3v) is 4.25. The van der Waals surface area contributed by atoms with Crippen LogP contribution in [-0.2, 0) is 25.7 Å². The SMILES string of the molecule is CCCCCCCCCOC(=O)CCCC(=O)OCc1cc(F)c(F)cc1F. The number of carbonyl (C=O) groups is 2. The second-order valence-corrected chi connectivity index (χ2v) is 6.71. The zero-order valence-corrected chi connectivity index (χ0v) is 16.4. The van der Waals surface area contributed by atoms with Crippen molar-refractivity contribution in [1.82, 2.24) is 0 Å². The Morgan fingerprint density at radius 3 is 2.00 bits per heavy atom. The van der Waals surface area contributed by atoms with Crippen molar-refractivity contribution >= 4 is 11.9 Å². The van der Waals surface area contributed by atoms with Crippen LogP contribution in [0.15, 0.2) is 12.1 Å². The van der Waals surface area contributed by atoms with Gasteiger partial charge < -0.3 is 9.47 Å². The minimum atomic E-state index is -1.30. The van der Waals surface area contributed by atoms with Gasteiger partial charge in [-0.1, -0.05) is 45.4 Å². The van der Waals surface area contributed by atoms with Crippen LogP contribution in [0, 0.1) is 17.5 Å². The zero-order valence-electron chi connectivity index (χ0n) is 16.4. The van der Waals surface area contributed by atoms with Gasteiger partial charge in [-0.05, 0) is 18.9 Å². The van der Waals surface area contributed by atoms with Crippen molar-refractivity contribution < 1.29 is 32.2 Å². The van der Waals surface area contributed by atoms with E-state index in [1.54, 1.807) is 0 Å². The third kappa shape index (κ3) is 10.3. The van der Waals surface area contributed by atoms with E-state index in [1.165, 1.54) is 25.7 Å². The van der Waals surface area contributed by atoms with Crippen LogP contribution in [0.5, 0.6) is 0 Å². The van der Waals surface area contributed by atoms with E-state index < -0.39 is 30.0 Å². The molecule has 7 heteroatoms. The summed E-state index contributed by atoms with van der Waals surface area (Å²) in [6.07, 6.45) is 8.22. The molecule has 0 saturated carbocycles. The standard InChI is InChI=1S/C21H29F3O4/c1-2-3-4-5-6-7-8-12-27-20(25)10-9-11-21(26)28-15-16-13-18(23)19(24)14-17(16)22/h13-14H,2-12,15H2,1H3. The molecule has 0 atom stereocenters. The van der Waals surface area contributed by atoms with Gasteiger partial charge in [0.05, 0.1) is 6.61 Å². The Kier molecular flexibility index (Phi) is 12.0. The lowest BCUT2D eigenvalue weighted by molar-refractivity contribution is -0.146. The highest BCUT2D eigenvalue weighted by Crippen LogP contribution is 2.15. The number of hydrogen-bond donors (Lipinski definition) is 0. The van der Waals surface area contributed by atoms with E-state index in [0.717, 1.165) is 19.3 Å². The summed E-state index contributed by atoms with van der Waals surface area (Å²) in [5.74, 6) is -4.52. The molecule has 0 radical (unpaired) electrons. The van der Waals surface area contributed by atoms with Crippen LogP contribution < -0.4 is 0 Å². The number of rotatable bonds is 14. The van der Waals surface area contributed by atoms with Crippen LogP contribution in [0.3, 0.4) is 0 Å². The molecule has 0 bridgehead atoms. The highest BCUT2D eigenvalue weighted by atomic mass is 19.2. The molecule has 158 valence electrons. The van der Waals surface area contributed by atoms with Crippen molar-refractivity contribution in [1.29, 1.82) is 0 Å². The Hall–Kier alpha value is -2.05. The first-order valence-electron chi connectivity index (χ1n) is 9.88. The van der Waals surface area contributed by atoms with Crippen LogP contribution in [0.1, 0.15) is 76.7 Å². The number of unbranched alkanes of at least 4 members (excludes halogenated alkanes) is 6. The minimum absolute atomic E-state index is 0.0438. The minimum Gasteiger partial charge on any atom is -0.466 e. The molecule has 1 aromatic carbocycles. The molecule has 0 saturated heterocycles. The number of hydrogen-bond acceptors (Lipinski definition) is 4. The molecule has 0 spiro atoms. The Balaban J connectivity index is 2.08. The largest absolute Gasteiger partial charge is 0.466 e. The molecule has 28 heavy (non-hydrogen) atoms. The maximum atomic E-state index is 13.4. The zero-order chi connectivity index (χ0) is 20.8. The van der Waals surface area contributed by atoms with Crippen LogP contribution in [0.2, 0.25) is 0 Å². The van der Waals surface area contributed by atoms with Crippen molar-refractivity contribution in [3.05, 3.63) is 35.1 Å². The summed E-state index contributed by atoms with van der Waals surface area (Å²) in [5, 5.41) is 0. The molecule has 0 aliphatic rings. The first-order valence-corrected chi connectivity index (χ1v) is 9.88. The van der Waals surface area contributed by atoms with Gasteiger partial charge >= 0.3 is 11.9 Å². The summed E-state index contributed by atoms with van der Waals surface area (Å²) in [6.45, 7) is 2.06. The van der Waals surface area contributed by atoms with Crippen LogP contribution in [-0.4, -0.2) is 18.5 Å². The maximum Gasteiger partial charge on any atom is 0.306 e. The predicted octanol–water partition coefficient (Wildman–Crippen LogP) is 5.61. The van der Waals surface area contributed by atoms with Gasteiger partial charge in [-0.3, -0.25) is 9.59 Å². The third-order valence-electron chi connectivity index (χ3n) is 4.25. The molecule has 0 amide bonds. The summed E-state index contributed by atoms with van der Waals surface area (Å²) in [4.78, 5) is 23.2.